The fourth-order valence-corrected chi connectivity index (χ4v) is 2.52. The van der Waals surface area contributed by atoms with Crippen molar-refractivity contribution in [3.05, 3.63) is 36.2 Å². The second-order valence-corrected chi connectivity index (χ2v) is 5.20. The predicted octanol–water partition coefficient (Wildman–Crippen LogP) is 0.596. The lowest BCUT2D eigenvalue weighted by atomic mass is 9.97. The first kappa shape index (κ1) is 14.2. The average Bonchev–Trinajstić information content (AvgIpc) is 3.09. The Balaban J connectivity index is 1.63. The summed E-state index contributed by atoms with van der Waals surface area (Å²) < 4.78 is 0. The number of aromatic amines is 1. The lowest BCUT2D eigenvalue weighted by molar-refractivity contribution is -0.127. The van der Waals surface area contributed by atoms with Gasteiger partial charge in [0.2, 0.25) is 11.9 Å². The Bertz CT molecular complexity index is 650. The molecule has 1 unspecified atom stereocenters. The summed E-state index contributed by atoms with van der Waals surface area (Å²) in [5.41, 5.74) is 6.17. The first-order chi connectivity index (χ1) is 10.7. The molecule has 1 aliphatic rings. The number of H-pyrrole nitrogens is 1. The van der Waals surface area contributed by atoms with Gasteiger partial charge in [0.05, 0.1) is 0 Å². The number of nitrogens with two attached hydrogens (primary N) is 1. The van der Waals surface area contributed by atoms with Crippen LogP contribution in [0.15, 0.2) is 24.8 Å². The number of rotatable bonds is 3. The molecule has 1 aliphatic heterocycles. The molecule has 22 heavy (non-hydrogen) atoms. The molecule has 8 nitrogen and oxygen atoms in total. The Morgan fingerprint density at radius 2 is 2.18 bits per heavy atom. The van der Waals surface area contributed by atoms with Gasteiger partial charge in [0.1, 0.15) is 12.2 Å². The van der Waals surface area contributed by atoms with Gasteiger partial charge >= 0.3 is 0 Å². The number of nitrogens with one attached hydrogen (secondary N) is 1. The fourth-order valence-electron chi connectivity index (χ4n) is 2.52. The number of hydrogen-bond acceptors (Lipinski definition) is 6. The van der Waals surface area contributed by atoms with Gasteiger partial charge < -0.3 is 10.6 Å². The van der Waals surface area contributed by atoms with E-state index in [0.717, 1.165) is 30.8 Å². The van der Waals surface area contributed by atoms with Gasteiger partial charge in [-0.3, -0.25) is 9.89 Å². The van der Waals surface area contributed by atoms with Crippen molar-refractivity contribution in [2.75, 3.05) is 18.8 Å². The Kier molecular flexibility index (Phi) is 4.08. The number of anilines is 1. The van der Waals surface area contributed by atoms with Crippen LogP contribution in [0.1, 0.15) is 30.1 Å². The highest BCUT2D eigenvalue weighted by molar-refractivity contribution is 5.91. The molecule has 2 aromatic heterocycles. The third kappa shape index (κ3) is 3.27. The highest BCUT2D eigenvalue weighted by Crippen LogP contribution is 2.24. The number of piperidine rings is 1. The molecule has 8 heteroatoms. The minimum absolute atomic E-state index is 0.0268. The van der Waals surface area contributed by atoms with E-state index in [4.69, 9.17) is 5.73 Å². The molecular formula is C14H17N7O. The van der Waals surface area contributed by atoms with Gasteiger partial charge in [-0.15, -0.1) is 0 Å². The summed E-state index contributed by atoms with van der Waals surface area (Å²) in [6, 6.07) is 0. The van der Waals surface area contributed by atoms with Crippen LogP contribution >= 0.6 is 0 Å². The number of carbonyl (C=O) groups excluding carboxylic acids is 1. The van der Waals surface area contributed by atoms with Gasteiger partial charge in [-0.1, -0.05) is 0 Å². The summed E-state index contributed by atoms with van der Waals surface area (Å²) in [6.45, 7) is 1.41. The fraction of sp³-hybridized carbons (Fsp3) is 0.357. The van der Waals surface area contributed by atoms with Crippen LogP contribution in [0.25, 0.3) is 6.08 Å². The topological polar surface area (TPSA) is 114 Å². The van der Waals surface area contributed by atoms with Gasteiger partial charge in [-0.2, -0.15) is 5.10 Å². The minimum atomic E-state index is -0.0268. The normalized spacial score (nSPS) is 18.7. The number of amides is 1. The van der Waals surface area contributed by atoms with Crippen LogP contribution in [-0.2, 0) is 4.79 Å². The van der Waals surface area contributed by atoms with Crippen molar-refractivity contribution in [3.8, 4) is 0 Å². The number of carbonyl (C=O) groups is 1. The second-order valence-electron chi connectivity index (χ2n) is 5.20. The number of likely N-dealkylation sites (tertiary alicyclic amines) is 1. The largest absolute Gasteiger partial charge is 0.368 e. The zero-order valence-electron chi connectivity index (χ0n) is 12.0. The van der Waals surface area contributed by atoms with E-state index < -0.39 is 0 Å². The van der Waals surface area contributed by atoms with Crippen LogP contribution < -0.4 is 5.73 Å². The molecule has 2 aromatic rings. The summed E-state index contributed by atoms with van der Waals surface area (Å²) in [5, 5.41) is 6.76. The van der Waals surface area contributed by atoms with Crippen LogP contribution in [0.2, 0.25) is 0 Å². The van der Waals surface area contributed by atoms with Crippen LogP contribution in [0, 0.1) is 0 Å². The number of hydrogen-bond donors (Lipinski definition) is 2. The molecule has 3 rings (SSSR count). The van der Waals surface area contributed by atoms with Gasteiger partial charge in [-0.05, 0) is 18.9 Å². The SMILES string of the molecule is Nc1ncc(C=CC(=O)N2CCCC(c3ncn[nH]3)C2)cn1. The van der Waals surface area contributed by atoms with Gasteiger partial charge in [-0.25, -0.2) is 15.0 Å². The molecule has 0 radical (unpaired) electrons. The molecule has 1 amide bonds. The molecule has 3 N–H and O–H groups in total. The molecule has 114 valence electrons. The molecule has 1 saturated heterocycles. The number of nitrogen functional groups attached to an aromatic ring is 1. The standard InChI is InChI=1S/C14H17N7O/c15-14-16-6-10(7-17-14)3-4-12(22)21-5-1-2-11(8-21)13-18-9-19-20-13/h3-4,6-7,9,11H,1-2,5,8H2,(H2,15,16,17)(H,18,19,20). The smallest absolute Gasteiger partial charge is 0.246 e. The van der Waals surface area contributed by atoms with Crippen molar-refractivity contribution < 1.29 is 4.79 Å². The van der Waals surface area contributed by atoms with Gasteiger partial charge in [0.15, 0.2) is 0 Å². The molecule has 3 heterocycles. The summed E-state index contributed by atoms with van der Waals surface area (Å²) in [5.74, 6) is 1.25. The van der Waals surface area contributed by atoms with Gasteiger partial charge in [0, 0.05) is 43.0 Å². The Labute approximate surface area is 127 Å². The van der Waals surface area contributed by atoms with E-state index in [1.807, 2.05) is 4.90 Å². The molecular weight excluding hydrogens is 282 g/mol. The molecule has 0 saturated carbocycles. The number of nitrogens with zero attached hydrogens (tertiary/aromatic N) is 5. The quantitative estimate of drug-likeness (QED) is 0.802. The highest BCUT2D eigenvalue weighted by Gasteiger charge is 2.25. The lowest BCUT2D eigenvalue weighted by Crippen LogP contribution is -2.38. The molecule has 1 atom stereocenters. The highest BCUT2D eigenvalue weighted by atomic mass is 16.2. The van der Waals surface area contributed by atoms with E-state index in [-0.39, 0.29) is 17.8 Å². The van der Waals surface area contributed by atoms with Crippen molar-refractivity contribution in [2.24, 2.45) is 0 Å². The van der Waals surface area contributed by atoms with E-state index in [0.29, 0.717) is 6.54 Å². The zero-order valence-corrected chi connectivity index (χ0v) is 12.0. The Morgan fingerprint density at radius 1 is 1.36 bits per heavy atom. The zero-order chi connectivity index (χ0) is 15.4. The van der Waals surface area contributed by atoms with Crippen LogP contribution in [0.5, 0.6) is 0 Å². The molecule has 1 fully saturated rings. The van der Waals surface area contributed by atoms with Crippen LogP contribution in [0.4, 0.5) is 5.95 Å². The summed E-state index contributed by atoms with van der Waals surface area (Å²) in [4.78, 5) is 26.1. The molecule has 0 bridgehead atoms. The van der Waals surface area contributed by atoms with E-state index in [1.165, 1.54) is 12.4 Å². The average molecular weight is 299 g/mol. The monoisotopic (exact) mass is 299 g/mol. The summed E-state index contributed by atoms with van der Waals surface area (Å²) in [7, 11) is 0. The predicted molar refractivity (Wildman–Crippen MR) is 80.4 cm³/mol. The third-order valence-corrected chi connectivity index (χ3v) is 3.66. The second kappa shape index (κ2) is 6.33. The lowest BCUT2D eigenvalue weighted by Gasteiger charge is -2.30. The van der Waals surface area contributed by atoms with E-state index in [1.54, 1.807) is 18.5 Å². The third-order valence-electron chi connectivity index (χ3n) is 3.66. The minimum Gasteiger partial charge on any atom is -0.368 e. The maximum Gasteiger partial charge on any atom is 0.246 e. The number of aromatic nitrogens is 5. The van der Waals surface area contributed by atoms with Crippen molar-refractivity contribution in [1.82, 2.24) is 30.0 Å². The van der Waals surface area contributed by atoms with E-state index >= 15 is 0 Å². The van der Waals surface area contributed by atoms with Gasteiger partial charge in [0.25, 0.3) is 0 Å². The molecule has 0 aliphatic carbocycles. The molecule has 0 aromatic carbocycles. The van der Waals surface area contributed by atoms with Crippen molar-refractivity contribution >= 4 is 17.9 Å². The van der Waals surface area contributed by atoms with Crippen LogP contribution in [0.3, 0.4) is 0 Å². The maximum atomic E-state index is 12.3. The van der Waals surface area contributed by atoms with Crippen molar-refractivity contribution in [3.63, 3.8) is 0 Å². The summed E-state index contributed by atoms with van der Waals surface area (Å²) in [6.07, 6.45) is 9.86. The first-order valence-electron chi connectivity index (χ1n) is 7.12. The summed E-state index contributed by atoms with van der Waals surface area (Å²) >= 11 is 0. The van der Waals surface area contributed by atoms with E-state index in [9.17, 15) is 4.79 Å². The van der Waals surface area contributed by atoms with Crippen LogP contribution in [-0.4, -0.2) is 49.0 Å². The maximum absolute atomic E-state index is 12.3. The molecule has 0 spiro atoms. The Hall–Kier alpha value is -2.77. The van der Waals surface area contributed by atoms with Crippen molar-refractivity contribution in [2.45, 2.75) is 18.8 Å². The van der Waals surface area contributed by atoms with Crippen molar-refractivity contribution in [1.29, 1.82) is 0 Å². The Morgan fingerprint density at radius 3 is 2.91 bits per heavy atom. The van der Waals surface area contributed by atoms with E-state index in [2.05, 4.69) is 25.1 Å². The first-order valence-corrected chi connectivity index (χ1v) is 7.12.